The van der Waals surface area contributed by atoms with Gasteiger partial charge in [0.15, 0.2) is 0 Å². The van der Waals surface area contributed by atoms with Crippen molar-refractivity contribution in [3.05, 3.63) is 24.3 Å². The molecule has 0 saturated heterocycles. The lowest BCUT2D eigenvalue weighted by Crippen LogP contribution is -2.36. The Hall–Kier alpha value is -5.22. The highest BCUT2D eigenvalue weighted by molar-refractivity contribution is 6.13. The second kappa shape index (κ2) is 29.9. The number of amides is 7. The lowest BCUT2D eigenvalue weighted by molar-refractivity contribution is -0.146. The Kier molecular flexibility index (Phi) is 25.3. The van der Waals surface area contributed by atoms with E-state index in [0.717, 1.165) is 34.1 Å². The van der Waals surface area contributed by atoms with Gasteiger partial charge in [0.2, 0.25) is 17.7 Å². The molecule has 0 spiro atoms. The van der Waals surface area contributed by atoms with Gasteiger partial charge in [-0.15, -0.1) is 0 Å². The van der Waals surface area contributed by atoms with Gasteiger partial charge in [0.1, 0.15) is 24.8 Å². The lowest BCUT2D eigenvalue weighted by atomic mass is 10.1. The molecule has 0 aromatic heterocycles. The zero-order valence-electron chi connectivity index (χ0n) is 33.2. The van der Waals surface area contributed by atoms with Crippen LogP contribution in [0.2, 0.25) is 0 Å². The SMILES string of the molecule is O=C(O)COCC(=O)N(CCCC(=O)CCOCCOCCNC(=O)CCN1C(=O)C=CC1=O)CCCC(=O)CCOCCOCCNC(=O)CCN1C(=O)C=CC1=O. The minimum Gasteiger partial charge on any atom is -0.480 e. The van der Waals surface area contributed by atoms with E-state index in [0.29, 0.717) is 12.8 Å². The second-order valence-corrected chi connectivity index (χ2v) is 13.0. The van der Waals surface area contributed by atoms with Crippen molar-refractivity contribution in [1.29, 1.82) is 0 Å². The topological polar surface area (TPSA) is 271 Å². The van der Waals surface area contributed by atoms with Crippen molar-refractivity contribution in [1.82, 2.24) is 25.3 Å². The highest BCUT2D eigenvalue weighted by Crippen LogP contribution is 2.07. The van der Waals surface area contributed by atoms with Gasteiger partial charge in [-0.1, -0.05) is 0 Å². The van der Waals surface area contributed by atoms with Crippen molar-refractivity contribution in [2.75, 3.05) is 105 Å². The molecule has 0 atom stereocenters. The molecule has 2 rings (SSSR count). The number of carbonyl (C=O) groups is 10. The molecule has 21 nitrogen and oxygen atoms in total. The van der Waals surface area contributed by atoms with Crippen LogP contribution in [0.15, 0.2) is 24.3 Å². The molecule has 0 aromatic rings. The van der Waals surface area contributed by atoms with Crippen molar-refractivity contribution in [2.45, 2.75) is 51.4 Å². The maximum Gasteiger partial charge on any atom is 0.329 e. The van der Waals surface area contributed by atoms with Crippen LogP contribution in [-0.2, 0) is 71.6 Å². The molecule has 0 unspecified atom stereocenters. The lowest BCUT2D eigenvalue weighted by Gasteiger charge is -2.22. The Balaban J connectivity index is 1.49. The van der Waals surface area contributed by atoms with Crippen LogP contribution in [0, 0.1) is 0 Å². The van der Waals surface area contributed by atoms with E-state index in [4.69, 9.17) is 28.8 Å². The maximum absolute atomic E-state index is 12.7. The number of carbonyl (C=O) groups excluding carboxylic acids is 9. The normalized spacial score (nSPS) is 13.4. The molecule has 2 heterocycles. The summed E-state index contributed by atoms with van der Waals surface area (Å²) in [6.07, 6.45) is 5.92. The number of Topliss-reactive ketones (excluding diaryl/α,β-unsaturated/α-hetero) is 2. The molecule has 21 heteroatoms. The van der Waals surface area contributed by atoms with Crippen molar-refractivity contribution >= 4 is 58.9 Å². The number of aliphatic carboxylic acids is 1. The first-order valence-corrected chi connectivity index (χ1v) is 19.4. The third-order valence-corrected chi connectivity index (χ3v) is 8.43. The predicted octanol–water partition coefficient (Wildman–Crippen LogP) is -1.68. The monoisotopic (exact) mass is 837 g/mol. The molecular formula is C38H55N5O16. The van der Waals surface area contributed by atoms with Gasteiger partial charge in [-0.2, -0.15) is 0 Å². The fraction of sp³-hybridized carbons (Fsp3) is 0.632. The Morgan fingerprint density at radius 3 is 1.29 bits per heavy atom. The smallest absolute Gasteiger partial charge is 0.329 e. The number of imide groups is 2. The van der Waals surface area contributed by atoms with Gasteiger partial charge >= 0.3 is 5.97 Å². The van der Waals surface area contributed by atoms with E-state index in [2.05, 4.69) is 10.6 Å². The van der Waals surface area contributed by atoms with Crippen molar-refractivity contribution < 1.29 is 76.7 Å². The maximum atomic E-state index is 12.7. The van der Waals surface area contributed by atoms with Crippen LogP contribution >= 0.6 is 0 Å². The van der Waals surface area contributed by atoms with Crippen molar-refractivity contribution in [2.24, 2.45) is 0 Å². The quantitative estimate of drug-likeness (QED) is 0.0470. The summed E-state index contributed by atoms with van der Waals surface area (Å²) >= 11 is 0. The molecule has 3 N–H and O–H groups in total. The molecule has 0 radical (unpaired) electrons. The van der Waals surface area contributed by atoms with E-state index in [1.165, 1.54) is 4.90 Å². The first-order valence-electron chi connectivity index (χ1n) is 19.4. The highest BCUT2D eigenvalue weighted by atomic mass is 16.5. The van der Waals surface area contributed by atoms with E-state index in [9.17, 15) is 47.9 Å². The fourth-order valence-corrected chi connectivity index (χ4v) is 5.31. The number of carboxylic acid groups (broad SMARTS) is 1. The van der Waals surface area contributed by atoms with E-state index in [1.54, 1.807) is 0 Å². The van der Waals surface area contributed by atoms with Gasteiger partial charge in [0.05, 0.1) is 52.9 Å². The first kappa shape index (κ1) is 49.9. The molecule has 59 heavy (non-hydrogen) atoms. The van der Waals surface area contributed by atoms with Gasteiger partial charge < -0.3 is 44.3 Å². The molecule has 0 bridgehead atoms. The number of hydrogen-bond donors (Lipinski definition) is 3. The first-order chi connectivity index (χ1) is 28.4. The minimum atomic E-state index is -1.22. The molecule has 0 saturated carbocycles. The predicted molar refractivity (Wildman–Crippen MR) is 203 cm³/mol. The van der Waals surface area contributed by atoms with E-state index in [1.807, 2.05) is 0 Å². The van der Waals surface area contributed by atoms with Crippen LogP contribution in [0.4, 0.5) is 0 Å². The number of ketones is 2. The number of nitrogens with one attached hydrogen (secondary N) is 2. The van der Waals surface area contributed by atoms with Crippen LogP contribution in [0.25, 0.3) is 0 Å². The van der Waals surface area contributed by atoms with Gasteiger partial charge in [0.25, 0.3) is 23.6 Å². The third kappa shape index (κ3) is 23.1. The molecule has 328 valence electrons. The summed E-state index contributed by atoms with van der Waals surface area (Å²) in [4.78, 5) is 121. The summed E-state index contributed by atoms with van der Waals surface area (Å²) in [5, 5.41) is 14.1. The van der Waals surface area contributed by atoms with Crippen molar-refractivity contribution in [3.8, 4) is 0 Å². The summed E-state index contributed by atoms with van der Waals surface area (Å²) in [5.74, 6) is -4.28. The van der Waals surface area contributed by atoms with Gasteiger partial charge in [-0.25, -0.2) is 4.79 Å². The average molecular weight is 838 g/mol. The third-order valence-electron chi connectivity index (χ3n) is 8.43. The Bertz CT molecular complexity index is 1390. The minimum absolute atomic E-state index is 0.00297. The number of ether oxygens (including phenoxy) is 5. The molecule has 2 aliphatic rings. The van der Waals surface area contributed by atoms with Crippen LogP contribution < -0.4 is 10.6 Å². The molecule has 2 aliphatic heterocycles. The fourth-order valence-electron chi connectivity index (χ4n) is 5.31. The summed E-state index contributed by atoms with van der Waals surface area (Å²) in [6.45, 7) is 1.47. The number of nitrogens with zero attached hydrogens (tertiary/aromatic N) is 3. The Labute approximate surface area is 341 Å². The van der Waals surface area contributed by atoms with Gasteiger partial charge in [0, 0.05) is 102 Å². The Morgan fingerprint density at radius 1 is 0.508 bits per heavy atom. The van der Waals surface area contributed by atoms with Crippen LogP contribution in [0.1, 0.15) is 51.4 Å². The van der Waals surface area contributed by atoms with Crippen LogP contribution in [0.5, 0.6) is 0 Å². The largest absolute Gasteiger partial charge is 0.480 e. The number of carboxylic acids is 1. The van der Waals surface area contributed by atoms with E-state index < -0.39 is 48.7 Å². The summed E-state index contributed by atoms with van der Waals surface area (Å²) in [6, 6.07) is 0. The summed E-state index contributed by atoms with van der Waals surface area (Å²) in [5.41, 5.74) is 0. The molecule has 0 fully saturated rings. The number of hydrogen-bond acceptors (Lipinski definition) is 15. The van der Waals surface area contributed by atoms with E-state index in [-0.39, 0.29) is 154 Å². The number of rotatable bonds is 36. The molecule has 0 aliphatic carbocycles. The Morgan fingerprint density at radius 2 is 0.898 bits per heavy atom. The van der Waals surface area contributed by atoms with Crippen LogP contribution in [0.3, 0.4) is 0 Å². The van der Waals surface area contributed by atoms with Gasteiger partial charge in [-0.3, -0.25) is 53.0 Å². The zero-order valence-corrected chi connectivity index (χ0v) is 33.2. The molecule has 0 aromatic carbocycles. The highest BCUT2D eigenvalue weighted by Gasteiger charge is 2.24. The summed E-state index contributed by atoms with van der Waals surface area (Å²) in [7, 11) is 0. The van der Waals surface area contributed by atoms with Crippen LogP contribution in [-0.4, -0.2) is 184 Å². The zero-order chi connectivity index (χ0) is 43.3. The second-order valence-electron chi connectivity index (χ2n) is 13.0. The van der Waals surface area contributed by atoms with E-state index >= 15 is 0 Å². The average Bonchev–Trinajstić information content (AvgIpc) is 3.70. The van der Waals surface area contributed by atoms with Crippen molar-refractivity contribution in [3.63, 3.8) is 0 Å². The molecular weight excluding hydrogens is 782 g/mol. The molecule has 7 amide bonds. The van der Waals surface area contributed by atoms with Gasteiger partial charge in [-0.05, 0) is 12.8 Å². The summed E-state index contributed by atoms with van der Waals surface area (Å²) < 4.78 is 26.6. The standard InChI is InChI=1S/C38H55N5O16/c44-29(11-19-55-23-25-57-21-13-39-31(46)9-17-42-33(48)5-6-34(42)49)3-1-15-41(37(52)27-59-28-38(53)54)16-2-4-30(45)12-20-56-24-26-58-22-14-40-32(47)10-18-43-35(50)7-8-36(43)51/h5-8H,1-4,9-28H2,(H,39,46)(H,40,47)(H,53,54).